The molecule has 0 radical (unpaired) electrons. The molecule has 0 spiro atoms. The van der Waals surface area contributed by atoms with Crippen LogP contribution >= 0.6 is 0 Å². The minimum Gasteiger partial charge on any atom is -0.350 e. The Balaban J connectivity index is 2.02. The van der Waals surface area contributed by atoms with Crippen molar-refractivity contribution in [2.75, 3.05) is 0 Å². The Bertz CT molecular complexity index is 558. The molecule has 0 saturated carbocycles. The lowest BCUT2D eigenvalue weighted by atomic mass is 10.1. The van der Waals surface area contributed by atoms with Crippen molar-refractivity contribution in [2.24, 2.45) is 5.73 Å². The number of hydrogen-bond donors (Lipinski definition) is 1. The molecule has 1 aromatic heterocycles. The van der Waals surface area contributed by atoms with Crippen LogP contribution < -0.4 is 5.73 Å². The van der Waals surface area contributed by atoms with Crippen molar-refractivity contribution in [1.29, 1.82) is 0 Å². The van der Waals surface area contributed by atoms with E-state index in [0.717, 1.165) is 24.2 Å². The topological polar surface area (TPSA) is 74.1 Å². The Labute approximate surface area is 111 Å². The van der Waals surface area contributed by atoms with Gasteiger partial charge in [0, 0.05) is 36.6 Å². The van der Waals surface area contributed by atoms with E-state index in [9.17, 15) is 10.1 Å². The van der Waals surface area contributed by atoms with E-state index in [1.54, 1.807) is 12.1 Å². The second-order valence-electron chi connectivity index (χ2n) is 4.59. The van der Waals surface area contributed by atoms with Crippen LogP contribution in [0.25, 0.3) is 0 Å². The molecule has 100 valence electrons. The Morgan fingerprint density at radius 2 is 2.00 bits per heavy atom. The molecule has 1 heterocycles. The van der Waals surface area contributed by atoms with Crippen LogP contribution in [0, 0.1) is 10.1 Å². The lowest BCUT2D eigenvalue weighted by Crippen LogP contribution is -2.12. The monoisotopic (exact) mass is 259 g/mol. The van der Waals surface area contributed by atoms with Gasteiger partial charge in [0.2, 0.25) is 0 Å². The quantitative estimate of drug-likeness (QED) is 0.662. The van der Waals surface area contributed by atoms with Gasteiger partial charge in [0.25, 0.3) is 5.69 Å². The van der Waals surface area contributed by atoms with Crippen molar-refractivity contribution in [1.82, 2.24) is 4.57 Å². The Hall–Kier alpha value is -2.14. The molecule has 5 heteroatoms. The first-order valence-electron chi connectivity index (χ1n) is 6.22. The summed E-state index contributed by atoms with van der Waals surface area (Å²) < 4.78 is 2.12. The number of benzene rings is 1. The number of non-ortho nitro benzene ring substituents is 1. The zero-order chi connectivity index (χ0) is 13.8. The number of nitro groups is 1. The number of rotatable bonds is 5. The molecule has 2 N–H and O–H groups in total. The molecule has 0 saturated heterocycles. The summed E-state index contributed by atoms with van der Waals surface area (Å²) in [4.78, 5) is 10.2. The Morgan fingerprint density at radius 3 is 2.58 bits per heavy atom. The third-order valence-corrected chi connectivity index (χ3v) is 3.12. The van der Waals surface area contributed by atoms with Gasteiger partial charge in [-0.1, -0.05) is 12.1 Å². The van der Waals surface area contributed by atoms with Crippen LogP contribution in [-0.4, -0.2) is 9.49 Å². The van der Waals surface area contributed by atoms with Crippen LogP contribution in [0.5, 0.6) is 0 Å². The van der Waals surface area contributed by atoms with Crippen LogP contribution in [-0.2, 0) is 13.0 Å². The highest BCUT2D eigenvalue weighted by molar-refractivity contribution is 5.32. The fourth-order valence-corrected chi connectivity index (χ4v) is 2.08. The van der Waals surface area contributed by atoms with Gasteiger partial charge in [-0.05, 0) is 31.0 Å². The van der Waals surface area contributed by atoms with Gasteiger partial charge in [-0.25, -0.2) is 0 Å². The molecule has 0 fully saturated rings. The molecule has 1 aromatic carbocycles. The van der Waals surface area contributed by atoms with Gasteiger partial charge in [0.1, 0.15) is 0 Å². The van der Waals surface area contributed by atoms with Crippen LogP contribution in [0.4, 0.5) is 5.69 Å². The van der Waals surface area contributed by atoms with E-state index < -0.39 is 0 Å². The van der Waals surface area contributed by atoms with Gasteiger partial charge in [0.15, 0.2) is 0 Å². The Morgan fingerprint density at radius 1 is 1.32 bits per heavy atom. The van der Waals surface area contributed by atoms with Gasteiger partial charge in [0.05, 0.1) is 4.92 Å². The highest BCUT2D eigenvalue weighted by atomic mass is 16.6. The van der Waals surface area contributed by atoms with Gasteiger partial charge in [-0.2, -0.15) is 0 Å². The maximum atomic E-state index is 10.6. The van der Waals surface area contributed by atoms with Gasteiger partial charge >= 0.3 is 0 Å². The highest BCUT2D eigenvalue weighted by Crippen LogP contribution is 2.15. The number of hydrogen-bond acceptors (Lipinski definition) is 3. The third-order valence-electron chi connectivity index (χ3n) is 3.12. The van der Waals surface area contributed by atoms with Crippen LogP contribution in [0.3, 0.4) is 0 Å². The normalized spacial score (nSPS) is 12.3. The maximum absolute atomic E-state index is 10.6. The van der Waals surface area contributed by atoms with Crippen molar-refractivity contribution in [2.45, 2.75) is 25.9 Å². The largest absolute Gasteiger partial charge is 0.350 e. The summed E-state index contributed by atoms with van der Waals surface area (Å²) in [5, 5.41) is 10.6. The molecule has 1 atom stereocenters. The molecule has 19 heavy (non-hydrogen) atoms. The van der Waals surface area contributed by atoms with Gasteiger partial charge < -0.3 is 10.3 Å². The zero-order valence-electron chi connectivity index (χ0n) is 10.8. The number of nitrogens with zero attached hydrogens (tertiary/aromatic N) is 2. The fraction of sp³-hybridized carbons (Fsp3) is 0.286. The molecule has 0 aliphatic heterocycles. The molecule has 0 bridgehead atoms. The summed E-state index contributed by atoms with van der Waals surface area (Å²) in [5.74, 6) is 0. The minimum atomic E-state index is -0.385. The van der Waals surface area contributed by atoms with Crippen LogP contribution in [0.2, 0.25) is 0 Å². The zero-order valence-corrected chi connectivity index (χ0v) is 10.8. The molecule has 0 aliphatic rings. The van der Waals surface area contributed by atoms with E-state index in [-0.39, 0.29) is 16.7 Å². The number of aromatic nitrogens is 1. The molecule has 2 aromatic rings. The van der Waals surface area contributed by atoms with Crippen LogP contribution in [0.15, 0.2) is 42.6 Å². The second-order valence-corrected chi connectivity index (χ2v) is 4.59. The molecule has 0 aliphatic carbocycles. The van der Waals surface area contributed by atoms with E-state index >= 15 is 0 Å². The first kappa shape index (κ1) is 13.3. The number of aryl methyl sites for hydroxylation is 2. The first-order chi connectivity index (χ1) is 9.08. The van der Waals surface area contributed by atoms with Crippen molar-refractivity contribution >= 4 is 5.69 Å². The highest BCUT2D eigenvalue weighted by Gasteiger charge is 2.07. The Kier molecular flexibility index (Phi) is 3.97. The maximum Gasteiger partial charge on any atom is 0.269 e. The summed E-state index contributed by atoms with van der Waals surface area (Å²) in [7, 11) is 0. The van der Waals surface area contributed by atoms with E-state index in [4.69, 9.17) is 5.73 Å². The lowest BCUT2D eigenvalue weighted by molar-refractivity contribution is -0.384. The SMILES string of the molecule is CC(N)c1cccn1CCc1ccc([N+](=O)[O-])cc1. The molecular weight excluding hydrogens is 242 g/mol. The minimum absolute atomic E-state index is 0.00635. The number of nitrogens with two attached hydrogens (primary N) is 1. The molecule has 1 unspecified atom stereocenters. The van der Waals surface area contributed by atoms with Gasteiger partial charge in [-0.3, -0.25) is 10.1 Å². The summed E-state index contributed by atoms with van der Waals surface area (Å²) in [6, 6.07) is 10.7. The lowest BCUT2D eigenvalue weighted by Gasteiger charge is -2.11. The van der Waals surface area contributed by atoms with Gasteiger partial charge in [-0.15, -0.1) is 0 Å². The average Bonchev–Trinajstić information content (AvgIpc) is 2.85. The summed E-state index contributed by atoms with van der Waals surface area (Å²) in [6.45, 7) is 2.78. The molecule has 5 nitrogen and oxygen atoms in total. The summed E-state index contributed by atoms with van der Waals surface area (Å²) in [5.41, 5.74) is 8.19. The standard InChI is InChI=1S/C14H17N3O2/c1-11(15)14-3-2-9-16(14)10-8-12-4-6-13(7-5-12)17(18)19/h2-7,9,11H,8,10,15H2,1H3. The third kappa shape index (κ3) is 3.20. The molecular formula is C14H17N3O2. The predicted molar refractivity (Wildman–Crippen MR) is 73.8 cm³/mol. The summed E-state index contributed by atoms with van der Waals surface area (Å²) in [6.07, 6.45) is 2.83. The number of nitro benzene ring substituents is 1. The second kappa shape index (κ2) is 5.67. The van der Waals surface area contributed by atoms with E-state index in [2.05, 4.69) is 4.57 Å². The molecule has 2 rings (SSSR count). The van der Waals surface area contributed by atoms with Crippen LogP contribution in [0.1, 0.15) is 24.2 Å². The van der Waals surface area contributed by atoms with Crippen molar-refractivity contribution < 1.29 is 4.92 Å². The van der Waals surface area contributed by atoms with Crippen molar-refractivity contribution in [3.63, 3.8) is 0 Å². The predicted octanol–water partition coefficient (Wildman–Crippen LogP) is 2.66. The van der Waals surface area contributed by atoms with Crippen molar-refractivity contribution in [3.05, 3.63) is 64.0 Å². The molecule has 0 amide bonds. The summed E-state index contributed by atoms with van der Waals surface area (Å²) >= 11 is 0. The van der Waals surface area contributed by atoms with E-state index in [1.807, 2.05) is 25.3 Å². The average molecular weight is 259 g/mol. The first-order valence-corrected chi connectivity index (χ1v) is 6.22. The fourth-order valence-electron chi connectivity index (χ4n) is 2.08. The van der Waals surface area contributed by atoms with E-state index in [0.29, 0.717) is 0 Å². The smallest absolute Gasteiger partial charge is 0.269 e. The van der Waals surface area contributed by atoms with E-state index in [1.165, 1.54) is 12.1 Å². The van der Waals surface area contributed by atoms with Crippen molar-refractivity contribution in [3.8, 4) is 0 Å².